The Labute approximate surface area is 98.7 Å². The van der Waals surface area contributed by atoms with Crippen molar-refractivity contribution in [3.8, 4) is 11.3 Å². The number of halogens is 1. The molecule has 1 aromatic heterocycles. The van der Waals surface area contributed by atoms with E-state index in [1.165, 1.54) is 31.4 Å². The molecule has 0 unspecified atom stereocenters. The molecule has 1 saturated carbocycles. The van der Waals surface area contributed by atoms with Crippen LogP contribution in [0, 0.1) is 5.82 Å². The summed E-state index contributed by atoms with van der Waals surface area (Å²) in [5.41, 5.74) is 1.74. The Morgan fingerprint density at radius 3 is 2.76 bits per heavy atom. The molecule has 88 valence electrons. The van der Waals surface area contributed by atoms with E-state index in [0.717, 1.165) is 17.0 Å². The lowest BCUT2D eigenvalue weighted by molar-refractivity contribution is 0.569. The summed E-state index contributed by atoms with van der Waals surface area (Å²) < 4.78 is 18.2. The monoisotopic (exact) mass is 232 g/mol. The van der Waals surface area contributed by atoms with Gasteiger partial charge in [-0.1, -0.05) is 0 Å². The average Bonchev–Trinajstić information content (AvgIpc) is 3.06. The number of hydrogen-bond acceptors (Lipinski definition) is 3. The number of rotatable bonds is 4. The molecule has 0 aliphatic heterocycles. The fourth-order valence-corrected chi connectivity index (χ4v) is 1.76. The minimum absolute atomic E-state index is 0.245. The van der Waals surface area contributed by atoms with Crippen molar-refractivity contribution in [2.45, 2.75) is 25.4 Å². The Bertz CT molecular complexity index is 502. The zero-order valence-electron chi connectivity index (χ0n) is 9.32. The maximum Gasteiger partial charge on any atom is 0.181 e. The first-order valence-corrected chi connectivity index (χ1v) is 5.74. The molecular formula is C13H13FN2O. The maximum atomic E-state index is 12.8. The zero-order chi connectivity index (χ0) is 11.7. The van der Waals surface area contributed by atoms with E-state index in [4.69, 9.17) is 4.42 Å². The molecule has 1 N–H and O–H groups in total. The highest BCUT2D eigenvalue weighted by Crippen LogP contribution is 2.25. The van der Waals surface area contributed by atoms with E-state index in [-0.39, 0.29) is 5.82 Å². The Morgan fingerprint density at radius 1 is 1.29 bits per heavy atom. The lowest BCUT2D eigenvalue weighted by Gasteiger charge is -2.02. The van der Waals surface area contributed by atoms with Crippen molar-refractivity contribution < 1.29 is 8.81 Å². The Kier molecular flexibility index (Phi) is 2.65. The lowest BCUT2D eigenvalue weighted by Crippen LogP contribution is -2.15. The van der Waals surface area contributed by atoms with Gasteiger partial charge in [0.25, 0.3) is 0 Å². The van der Waals surface area contributed by atoms with Gasteiger partial charge in [0.15, 0.2) is 12.2 Å². The van der Waals surface area contributed by atoms with Crippen molar-refractivity contribution in [2.24, 2.45) is 0 Å². The van der Waals surface area contributed by atoms with Gasteiger partial charge in [0.2, 0.25) is 0 Å². The van der Waals surface area contributed by atoms with Crippen molar-refractivity contribution in [2.75, 3.05) is 0 Å². The molecule has 17 heavy (non-hydrogen) atoms. The quantitative estimate of drug-likeness (QED) is 0.880. The number of nitrogens with zero attached hydrogens (tertiary/aromatic N) is 1. The van der Waals surface area contributed by atoms with Crippen LogP contribution in [0.15, 0.2) is 35.1 Å². The number of aromatic nitrogens is 1. The summed E-state index contributed by atoms with van der Waals surface area (Å²) in [7, 11) is 0. The number of nitrogens with one attached hydrogen (secondary N) is 1. The molecule has 4 heteroatoms. The van der Waals surface area contributed by atoms with E-state index in [9.17, 15) is 4.39 Å². The fourth-order valence-electron chi connectivity index (χ4n) is 1.76. The molecule has 0 amide bonds. The fraction of sp³-hybridized carbons (Fsp3) is 0.308. The van der Waals surface area contributed by atoms with Crippen LogP contribution in [-0.2, 0) is 6.54 Å². The zero-order valence-corrected chi connectivity index (χ0v) is 9.32. The summed E-state index contributed by atoms with van der Waals surface area (Å²) in [5, 5.41) is 3.38. The molecule has 2 aromatic rings. The molecule has 1 aromatic carbocycles. The second kappa shape index (κ2) is 4.30. The van der Waals surface area contributed by atoms with Gasteiger partial charge < -0.3 is 9.73 Å². The van der Waals surface area contributed by atoms with E-state index in [1.807, 2.05) is 0 Å². The minimum atomic E-state index is -0.245. The molecule has 0 saturated heterocycles. The second-order valence-corrected chi connectivity index (χ2v) is 4.29. The van der Waals surface area contributed by atoms with Crippen LogP contribution in [0.5, 0.6) is 0 Å². The van der Waals surface area contributed by atoms with Gasteiger partial charge in [0, 0.05) is 18.2 Å². The van der Waals surface area contributed by atoms with Crippen molar-refractivity contribution in [3.05, 3.63) is 42.2 Å². The molecule has 0 atom stereocenters. The van der Waals surface area contributed by atoms with Gasteiger partial charge in [0.1, 0.15) is 11.5 Å². The largest absolute Gasteiger partial charge is 0.443 e. The molecule has 1 fully saturated rings. The van der Waals surface area contributed by atoms with Crippen LogP contribution in [0.3, 0.4) is 0 Å². The summed E-state index contributed by atoms with van der Waals surface area (Å²) in [6.07, 6.45) is 3.91. The summed E-state index contributed by atoms with van der Waals surface area (Å²) >= 11 is 0. The van der Waals surface area contributed by atoms with Crippen molar-refractivity contribution in [1.82, 2.24) is 10.3 Å². The first kappa shape index (κ1) is 10.5. The third kappa shape index (κ3) is 2.36. The molecule has 0 radical (unpaired) electrons. The van der Waals surface area contributed by atoms with Gasteiger partial charge in [-0.15, -0.1) is 0 Å². The highest BCUT2D eigenvalue weighted by atomic mass is 19.1. The van der Waals surface area contributed by atoms with Crippen molar-refractivity contribution >= 4 is 0 Å². The van der Waals surface area contributed by atoms with E-state index < -0.39 is 0 Å². The Balaban J connectivity index is 1.81. The maximum absolute atomic E-state index is 12.8. The molecule has 3 rings (SSSR count). The minimum Gasteiger partial charge on any atom is -0.443 e. The number of oxazole rings is 1. The van der Waals surface area contributed by atoms with Crippen LogP contribution in [0.25, 0.3) is 11.3 Å². The molecule has 1 aliphatic rings. The summed E-state index contributed by atoms with van der Waals surface area (Å²) in [4.78, 5) is 4.19. The Morgan fingerprint density at radius 2 is 2.06 bits per heavy atom. The summed E-state index contributed by atoms with van der Waals surface area (Å²) in [6, 6.07) is 6.89. The third-order valence-electron chi connectivity index (χ3n) is 2.88. The normalized spacial score (nSPS) is 15.1. The van der Waals surface area contributed by atoms with Gasteiger partial charge >= 0.3 is 0 Å². The SMILES string of the molecule is Fc1ccc(-c2ocnc2CNC2CC2)cc1. The molecule has 3 nitrogen and oxygen atoms in total. The predicted octanol–water partition coefficient (Wildman–Crippen LogP) is 2.73. The standard InChI is InChI=1S/C13H13FN2O/c14-10-3-1-9(2-4-10)13-12(16-8-17-13)7-15-11-5-6-11/h1-4,8,11,15H,5-7H2. The van der Waals surface area contributed by atoms with Crippen molar-refractivity contribution in [1.29, 1.82) is 0 Å². The molecular weight excluding hydrogens is 219 g/mol. The number of hydrogen-bond donors (Lipinski definition) is 1. The molecule has 1 heterocycles. The summed E-state index contributed by atoms with van der Waals surface area (Å²) in [6.45, 7) is 0.702. The Hall–Kier alpha value is -1.68. The molecule has 1 aliphatic carbocycles. The van der Waals surface area contributed by atoms with Crippen LogP contribution >= 0.6 is 0 Å². The molecule has 0 bridgehead atoms. The van der Waals surface area contributed by atoms with E-state index in [0.29, 0.717) is 12.6 Å². The van der Waals surface area contributed by atoms with Crippen LogP contribution in [0.2, 0.25) is 0 Å². The lowest BCUT2D eigenvalue weighted by atomic mass is 10.1. The van der Waals surface area contributed by atoms with E-state index in [2.05, 4.69) is 10.3 Å². The van der Waals surface area contributed by atoms with E-state index >= 15 is 0 Å². The summed E-state index contributed by atoms with van der Waals surface area (Å²) in [5.74, 6) is 0.476. The highest BCUT2D eigenvalue weighted by molar-refractivity contribution is 5.59. The van der Waals surface area contributed by atoms with Crippen LogP contribution in [0.4, 0.5) is 4.39 Å². The first-order chi connectivity index (χ1) is 8.33. The van der Waals surface area contributed by atoms with Gasteiger partial charge in [-0.05, 0) is 37.1 Å². The second-order valence-electron chi connectivity index (χ2n) is 4.29. The topological polar surface area (TPSA) is 38.1 Å². The van der Waals surface area contributed by atoms with Gasteiger partial charge in [-0.2, -0.15) is 0 Å². The predicted molar refractivity (Wildman–Crippen MR) is 61.8 cm³/mol. The van der Waals surface area contributed by atoms with Gasteiger partial charge in [-0.3, -0.25) is 0 Å². The van der Waals surface area contributed by atoms with Crippen LogP contribution in [-0.4, -0.2) is 11.0 Å². The van der Waals surface area contributed by atoms with Gasteiger partial charge in [-0.25, -0.2) is 9.37 Å². The van der Waals surface area contributed by atoms with E-state index in [1.54, 1.807) is 12.1 Å². The smallest absolute Gasteiger partial charge is 0.181 e. The van der Waals surface area contributed by atoms with Crippen LogP contribution < -0.4 is 5.32 Å². The highest BCUT2D eigenvalue weighted by Gasteiger charge is 2.21. The first-order valence-electron chi connectivity index (χ1n) is 5.74. The average molecular weight is 232 g/mol. The van der Waals surface area contributed by atoms with Crippen LogP contribution in [0.1, 0.15) is 18.5 Å². The van der Waals surface area contributed by atoms with Gasteiger partial charge in [0.05, 0.1) is 0 Å². The third-order valence-corrected chi connectivity index (χ3v) is 2.88. The number of benzene rings is 1. The molecule has 0 spiro atoms. The van der Waals surface area contributed by atoms with Crippen molar-refractivity contribution in [3.63, 3.8) is 0 Å².